The molecule has 2 nitrogen and oxygen atoms in total. The van der Waals surface area contributed by atoms with Crippen LogP contribution in [0.3, 0.4) is 0 Å². The minimum absolute atomic E-state index is 0.297. The van der Waals surface area contributed by atoms with Crippen molar-refractivity contribution in [1.82, 2.24) is 0 Å². The molecule has 3 rings (SSSR count). The molecule has 110 valence electrons. The van der Waals surface area contributed by atoms with Crippen LogP contribution in [0.1, 0.15) is 51.2 Å². The van der Waals surface area contributed by atoms with Crippen molar-refractivity contribution in [3.05, 3.63) is 29.3 Å². The molecule has 0 amide bonds. The number of hydrogen-bond donors (Lipinski definition) is 1. The number of ether oxygens (including phenoxy) is 1. The smallest absolute Gasteiger partial charge is 0.127 e. The summed E-state index contributed by atoms with van der Waals surface area (Å²) in [5.41, 5.74) is 8.90. The van der Waals surface area contributed by atoms with Gasteiger partial charge in [-0.15, -0.1) is 0 Å². The van der Waals surface area contributed by atoms with Gasteiger partial charge < -0.3 is 10.5 Å². The maximum absolute atomic E-state index is 6.52. The van der Waals surface area contributed by atoms with E-state index in [1.54, 1.807) is 0 Å². The first-order valence-corrected chi connectivity index (χ1v) is 7.85. The third-order valence-corrected chi connectivity index (χ3v) is 6.49. The molecule has 0 aromatic heterocycles. The lowest BCUT2D eigenvalue weighted by Crippen LogP contribution is -2.39. The molecule has 2 bridgehead atoms. The molecule has 2 saturated carbocycles. The fraction of sp³-hybridized carbons (Fsp3) is 0.667. The highest BCUT2D eigenvalue weighted by molar-refractivity contribution is 5.41. The average Bonchev–Trinajstić information content (AvgIpc) is 2.74. The van der Waals surface area contributed by atoms with Gasteiger partial charge in [-0.1, -0.05) is 39.0 Å². The zero-order valence-corrected chi connectivity index (χ0v) is 13.2. The second-order valence-corrected chi connectivity index (χ2v) is 7.48. The van der Waals surface area contributed by atoms with E-state index in [1.165, 1.54) is 24.8 Å². The van der Waals surface area contributed by atoms with E-state index >= 15 is 0 Å². The fourth-order valence-electron chi connectivity index (χ4n) is 4.49. The van der Waals surface area contributed by atoms with Crippen molar-refractivity contribution in [2.75, 3.05) is 0 Å². The first-order chi connectivity index (χ1) is 9.40. The largest absolute Gasteiger partial charge is 0.489 e. The Morgan fingerprint density at radius 1 is 1.30 bits per heavy atom. The normalized spacial score (nSPS) is 34.5. The lowest BCUT2D eigenvalue weighted by molar-refractivity contribution is 0.0292. The van der Waals surface area contributed by atoms with Gasteiger partial charge in [-0.3, -0.25) is 0 Å². The number of rotatable bonds is 3. The first kappa shape index (κ1) is 13.9. The van der Waals surface area contributed by atoms with Crippen LogP contribution < -0.4 is 10.5 Å². The molecular formula is C18H27NO. The Labute approximate surface area is 122 Å². The number of hydrogen-bond acceptors (Lipinski definition) is 2. The van der Waals surface area contributed by atoms with Crippen LogP contribution in [0.2, 0.25) is 0 Å². The summed E-state index contributed by atoms with van der Waals surface area (Å²) in [6.07, 6.45) is 4.18. The van der Waals surface area contributed by atoms with Gasteiger partial charge in [0, 0.05) is 17.5 Å². The summed E-state index contributed by atoms with van der Waals surface area (Å²) in [4.78, 5) is 0. The predicted molar refractivity (Wildman–Crippen MR) is 82.7 cm³/mol. The van der Waals surface area contributed by atoms with E-state index < -0.39 is 0 Å². The topological polar surface area (TPSA) is 35.2 Å². The summed E-state index contributed by atoms with van der Waals surface area (Å²) in [6.45, 7) is 9.94. The first-order valence-electron chi connectivity index (χ1n) is 7.85. The minimum atomic E-state index is 0.297. The van der Waals surface area contributed by atoms with Crippen LogP contribution in [0, 0.1) is 23.7 Å². The molecule has 0 aliphatic heterocycles. The van der Waals surface area contributed by atoms with Crippen LogP contribution >= 0.6 is 0 Å². The van der Waals surface area contributed by atoms with Gasteiger partial charge in [-0.25, -0.2) is 0 Å². The van der Waals surface area contributed by atoms with Crippen molar-refractivity contribution in [3.8, 4) is 5.75 Å². The summed E-state index contributed by atoms with van der Waals surface area (Å²) in [6, 6.07) is 6.27. The highest BCUT2D eigenvalue weighted by Gasteiger charge is 2.62. The van der Waals surface area contributed by atoms with Crippen molar-refractivity contribution in [2.24, 2.45) is 22.5 Å². The van der Waals surface area contributed by atoms with E-state index in [9.17, 15) is 0 Å². The van der Waals surface area contributed by atoms with E-state index in [0.29, 0.717) is 23.5 Å². The quantitative estimate of drug-likeness (QED) is 0.901. The van der Waals surface area contributed by atoms with Crippen LogP contribution in [0.4, 0.5) is 0 Å². The molecule has 0 spiro atoms. The zero-order chi connectivity index (χ0) is 14.5. The fourth-order valence-corrected chi connectivity index (χ4v) is 4.49. The van der Waals surface area contributed by atoms with E-state index in [1.807, 2.05) is 0 Å². The molecule has 1 aromatic carbocycles. The van der Waals surface area contributed by atoms with Crippen LogP contribution in [-0.4, -0.2) is 6.10 Å². The van der Waals surface area contributed by atoms with Crippen molar-refractivity contribution < 1.29 is 4.74 Å². The van der Waals surface area contributed by atoms with Crippen molar-refractivity contribution in [3.63, 3.8) is 0 Å². The van der Waals surface area contributed by atoms with Gasteiger partial charge in [0.15, 0.2) is 0 Å². The Balaban J connectivity index is 1.91. The van der Waals surface area contributed by atoms with E-state index in [2.05, 4.69) is 45.9 Å². The number of aryl methyl sites for hydroxylation is 1. The molecule has 2 heteroatoms. The van der Waals surface area contributed by atoms with Crippen molar-refractivity contribution in [2.45, 2.75) is 59.6 Å². The molecule has 0 radical (unpaired) electrons. The Morgan fingerprint density at radius 2 is 2.05 bits per heavy atom. The van der Waals surface area contributed by atoms with Crippen molar-refractivity contribution >= 4 is 0 Å². The third-order valence-electron chi connectivity index (χ3n) is 6.49. The molecule has 2 aliphatic carbocycles. The van der Waals surface area contributed by atoms with Gasteiger partial charge in [0.2, 0.25) is 0 Å². The van der Waals surface area contributed by atoms with E-state index in [-0.39, 0.29) is 0 Å². The molecule has 2 fully saturated rings. The van der Waals surface area contributed by atoms with Crippen LogP contribution in [-0.2, 0) is 6.54 Å². The maximum Gasteiger partial charge on any atom is 0.127 e. The molecule has 20 heavy (non-hydrogen) atoms. The van der Waals surface area contributed by atoms with Gasteiger partial charge in [0.25, 0.3) is 0 Å². The monoisotopic (exact) mass is 273 g/mol. The summed E-state index contributed by atoms with van der Waals surface area (Å²) >= 11 is 0. The molecule has 2 aliphatic rings. The summed E-state index contributed by atoms with van der Waals surface area (Å²) < 4.78 is 6.52. The number of para-hydroxylation sites is 1. The third kappa shape index (κ3) is 1.74. The standard InChI is InChI=1S/C18H27NO/c1-12-6-5-7-13(11-19)16(12)20-15-10-14-8-9-18(15,4)17(14,2)3/h5-7,14-15H,8-11,19H2,1-4H3. The highest BCUT2D eigenvalue weighted by Crippen LogP contribution is 2.66. The van der Waals surface area contributed by atoms with Gasteiger partial charge in [-0.2, -0.15) is 0 Å². The Bertz CT molecular complexity index is 522. The molecular weight excluding hydrogens is 246 g/mol. The van der Waals surface area contributed by atoms with Crippen LogP contribution in [0.15, 0.2) is 18.2 Å². The van der Waals surface area contributed by atoms with Crippen LogP contribution in [0.25, 0.3) is 0 Å². The molecule has 2 N–H and O–H groups in total. The SMILES string of the molecule is Cc1cccc(CN)c1OC1CC2CCC1(C)C2(C)C. The number of fused-ring (bicyclic) bond motifs is 2. The van der Waals surface area contributed by atoms with Crippen molar-refractivity contribution in [1.29, 1.82) is 0 Å². The van der Waals surface area contributed by atoms with Gasteiger partial charge >= 0.3 is 0 Å². The Hall–Kier alpha value is -1.02. The number of benzene rings is 1. The Kier molecular flexibility index (Phi) is 3.13. The Morgan fingerprint density at radius 3 is 2.60 bits per heavy atom. The van der Waals surface area contributed by atoms with E-state index in [0.717, 1.165) is 17.2 Å². The summed E-state index contributed by atoms with van der Waals surface area (Å²) in [7, 11) is 0. The lowest BCUT2D eigenvalue weighted by Gasteiger charge is -2.39. The minimum Gasteiger partial charge on any atom is -0.489 e. The summed E-state index contributed by atoms with van der Waals surface area (Å²) in [5.74, 6) is 1.84. The second-order valence-electron chi connectivity index (χ2n) is 7.48. The molecule has 0 heterocycles. The second kappa shape index (κ2) is 4.49. The molecule has 1 aromatic rings. The molecule has 3 unspecified atom stereocenters. The highest BCUT2D eigenvalue weighted by atomic mass is 16.5. The number of nitrogens with two attached hydrogens (primary N) is 1. The van der Waals surface area contributed by atoms with E-state index in [4.69, 9.17) is 10.5 Å². The molecule has 0 saturated heterocycles. The zero-order valence-electron chi connectivity index (χ0n) is 13.2. The molecule has 3 atom stereocenters. The van der Waals surface area contributed by atoms with Crippen LogP contribution in [0.5, 0.6) is 5.75 Å². The predicted octanol–water partition coefficient (Wildman–Crippen LogP) is 4.05. The van der Waals surface area contributed by atoms with Gasteiger partial charge in [0.05, 0.1) is 0 Å². The van der Waals surface area contributed by atoms with Gasteiger partial charge in [0.1, 0.15) is 11.9 Å². The average molecular weight is 273 g/mol. The maximum atomic E-state index is 6.52. The summed E-state index contributed by atoms with van der Waals surface area (Å²) in [5, 5.41) is 0. The van der Waals surface area contributed by atoms with Gasteiger partial charge in [-0.05, 0) is 43.1 Å². The lowest BCUT2D eigenvalue weighted by atomic mass is 9.70.